The van der Waals surface area contributed by atoms with E-state index in [1.54, 1.807) is 36.4 Å². The summed E-state index contributed by atoms with van der Waals surface area (Å²) in [6, 6.07) is 15.8. The summed E-state index contributed by atoms with van der Waals surface area (Å²) in [4.78, 5) is 12.5. The van der Waals surface area contributed by atoms with E-state index in [-0.39, 0.29) is 29.2 Å². The number of sulfonamides is 1. The van der Waals surface area contributed by atoms with E-state index in [1.807, 2.05) is 18.2 Å². The first-order chi connectivity index (χ1) is 11.9. The van der Waals surface area contributed by atoms with Crippen molar-refractivity contribution in [1.29, 1.82) is 0 Å². The second kappa shape index (κ2) is 6.88. The molecule has 25 heavy (non-hydrogen) atoms. The number of hydrogen-bond donors (Lipinski definition) is 1. The summed E-state index contributed by atoms with van der Waals surface area (Å²) < 4.78 is 25.8. The molecule has 1 amide bonds. The molecule has 1 aliphatic carbocycles. The summed E-state index contributed by atoms with van der Waals surface area (Å²) in [5.41, 5.74) is 1.73. The Morgan fingerprint density at radius 3 is 2.28 bits per heavy atom. The second-order valence-corrected chi connectivity index (χ2v) is 8.50. The Morgan fingerprint density at radius 2 is 1.68 bits per heavy atom. The summed E-state index contributed by atoms with van der Waals surface area (Å²) in [6.07, 6.45) is 1.27. The predicted molar refractivity (Wildman–Crippen MR) is 95.4 cm³/mol. The van der Waals surface area contributed by atoms with Crippen LogP contribution in [0, 0.1) is 5.92 Å². The topological polar surface area (TPSA) is 74.7 Å². The van der Waals surface area contributed by atoms with Crippen molar-refractivity contribution in [2.75, 3.05) is 7.05 Å². The van der Waals surface area contributed by atoms with Crippen LogP contribution in [0.4, 0.5) is 0 Å². The van der Waals surface area contributed by atoms with Gasteiger partial charge in [-0.3, -0.25) is 4.79 Å². The van der Waals surface area contributed by atoms with Crippen molar-refractivity contribution in [3.63, 3.8) is 0 Å². The molecular weight excluding hydrogens is 338 g/mol. The van der Waals surface area contributed by atoms with Gasteiger partial charge in [0.1, 0.15) is 5.75 Å². The largest absolute Gasteiger partial charge is 0.508 e. The number of phenols is 1. The second-order valence-electron chi connectivity index (χ2n) is 6.50. The summed E-state index contributed by atoms with van der Waals surface area (Å²) in [6.45, 7) is 0. The molecule has 0 atom stereocenters. The van der Waals surface area contributed by atoms with Gasteiger partial charge in [-0.15, -0.1) is 0 Å². The van der Waals surface area contributed by atoms with Crippen molar-refractivity contribution in [2.24, 2.45) is 5.92 Å². The van der Waals surface area contributed by atoms with Gasteiger partial charge in [-0.1, -0.05) is 42.5 Å². The van der Waals surface area contributed by atoms with Gasteiger partial charge in [0, 0.05) is 13.0 Å². The molecule has 1 N–H and O–H groups in total. The summed E-state index contributed by atoms with van der Waals surface area (Å²) >= 11 is 0. The molecule has 2 aromatic rings. The minimum absolute atomic E-state index is 0.176. The molecule has 1 aliphatic rings. The van der Waals surface area contributed by atoms with Gasteiger partial charge < -0.3 is 5.11 Å². The predicted octanol–water partition coefficient (Wildman–Crippen LogP) is 2.87. The highest BCUT2D eigenvalue weighted by atomic mass is 32.2. The number of carbonyl (C=O) groups is 1. The Balaban J connectivity index is 1.61. The minimum atomic E-state index is -3.67. The SMILES string of the molecule is CN(C(=O)C1CC(c2ccc(O)cc2)C1)S(=O)(=O)Cc1ccccc1. The number of benzene rings is 2. The molecule has 1 fully saturated rings. The van der Waals surface area contributed by atoms with Gasteiger partial charge in [0.25, 0.3) is 0 Å². The van der Waals surface area contributed by atoms with E-state index < -0.39 is 10.0 Å². The maximum absolute atomic E-state index is 12.5. The first-order valence-corrected chi connectivity index (χ1v) is 9.81. The van der Waals surface area contributed by atoms with E-state index in [4.69, 9.17) is 0 Å². The van der Waals surface area contributed by atoms with Crippen molar-refractivity contribution < 1.29 is 18.3 Å². The van der Waals surface area contributed by atoms with E-state index in [0.717, 1.165) is 9.87 Å². The van der Waals surface area contributed by atoms with Crippen LogP contribution in [0.5, 0.6) is 5.75 Å². The average Bonchev–Trinajstić information content (AvgIpc) is 2.55. The minimum Gasteiger partial charge on any atom is -0.508 e. The Labute approximate surface area is 148 Å². The number of carbonyl (C=O) groups excluding carboxylic acids is 1. The highest BCUT2D eigenvalue weighted by Crippen LogP contribution is 2.43. The van der Waals surface area contributed by atoms with Crippen LogP contribution in [-0.4, -0.2) is 30.8 Å². The first kappa shape index (κ1) is 17.5. The van der Waals surface area contributed by atoms with Crippen LogP contribution in [0.2, 0.25) is 0 Å². The van der Waals surface area contributed by atoms with Gasteiger partial charge in [-0.2, -0.15) is 0 Å². The van der Waals surface area contributed by atoms with Crippen LogP contribution in [0.15, 0.2) is 54.6 Å². The number of amides is 1. The molecule has 0 aliphatic heterocycles. The van der Waals surface area contributed by atoms with Crippen LogP contribution in [-0.2, 0) is 20.6 Å². The monoisotopic (exact) mass is 359 g/mol. The van der Waals surface area contributed by atoms with Crippen molar-refractivity contribution in [3.8, 4) is 5.75 Å². The summed E-state index contributed by atoms with van der Waals surface area (Å²) in [5.74, 6) is -0.341. The molecule has 0 heterocycles. The Morgan fingerprint density at radius 1 is 1.08 bits per heavy atom. The fourth-order valence-electron chi connectivity index (χ4n) is 3.11. The molecule has 1 saturated carbocycles. The number of rotatable bonds is 5. The molecule has 0 bridgehead atoms. The molecule has 0 radical (unpaired) electrons. The molecule has 5 nitrogen and oxygen atoms in total. The van der Waals surface area contributed by atoms with Gasteiger partial charge in [-0.25, -0.2) is 12.7 Å². The molecular formula is C19H21NO4S. The Hall–Kier alpha value is -2.34. The third-order valence-corrected chi connectivity index (χ3v) is 6.48. The van der Waals surface area contributed by atoms with Gasteiger partial charge in [0.2, 0.25) is 15.9 Å². The number of hydrogen-bond acceptors (Lipinski definition) is 4. The average molecular weight is 359 g/mol. The standard InChI is InChI=1S/C19H21NO4S/c1-20(25(23,24)13-14-5-3-2-4-6-14)19(22)17-11-16(12-17)15-7-9-18(21)10-8-15/h2-10,16-17,21H,11-13H2,1H3. The molecule has 132 valence electrons. The first-order valence-electron chi connectivity index (χ1n) is 8.20. The Kier molecular flexibility index (Phi) is 4.81. The van der Waals surface area contributed by atoms with Gasteiger partial charge in [-0.05, 0) is 42.0 Å². The maximum atomic E-state index is 12.5. The molecule has 0 unspecified atom stereocenters. The zero-order valence-corrected chi connectivity index (χ0v) is 14.8. The van der Waals surface area contributed by atoms with Crippen molar-refractivity contribution >= 4 is 15.9 Å². The van der Waals surface area contributed by atoms with Crippen LogP contribution >= 0.6 is 0 Å². The lowest BCUT2D eigenvalue weighted by Crippen LogP contribution is -2.42. The van der Waals surface area contributed by atoms with Crippen LogP contribution < -0.4 is 0 Å². The van der Waals surface area contributed by atoms with Gasteiger partial charge >= 0.3 is 0 Å². The highest BCUT2D eigenvalue weighted by molar-refractivity contribution is 7.88. The fraction of sp³-hybridized carbons (Fsp3) is 0.316. The molecule has 3 rings (SSSR count). The van der Waals surface area contributed by atoms with Crippen LogP contribution in [0.3, 0.4) is 0 Å². The molecule has 6 heteroatoms. The van der Waals surface area contributed by atoms with E-state index in [9.17, 15) is 18.3 Å². The third kappa shape index (κ3) is 3.85. The summed E-state index contributed by atoms with van der Waals surface area (Å²) in [5, 5.41) is 9.33. The normalized spacial score (nSPS) is 19.9. The van der Waals surface area contributed by atoms with Gasteiger partial charge in [0.05, 0.1) is 5.75 Å². The lowest BCUT2D eigenvalue weighted by Gasteiger charge is -2.36. The quantitative estimate of drug-likeness (QED) is 0.891. The number of aromatic hydroxyl groups is 1. The van der Waals surface area contributed by atoms with E-state index in [0.29, 0.717) is 18.4 Å². The lowest BCUT2D eigenvalue weighted by molar-refractivity contribution is -0.132. The Bertz CT molecular complexity index is 841. The molecule has 2 aromatic carbocycles. The molecule has 0 aromatic heterocycles. The smallest absolute Gasteiger partial charge is 0.241 e. The third-order valence-electron chi connectivity index (χ3n) is 4.77. The summed E-state index contributed by atoms with van der Waals surface area (Å²) in [7, 11) is -2.33. The van der Waals surface area contributed by atoms with Crippen molar-refractivity contribution in [3.05, 3.63) is 65.7 Å². The van der Waals surface area contributed by atoms with E-state index >= 15 is 0 Å². The number of phenolic OH excluding ortho intramolecular Hbond substituents is 1. The van der Waals surface area contributed by atoms with E-state index in [2.05, 4.69) is 0 Å². The fourth-order valence-corrected chi connectivity index (χ4v) is 4.34. The van der Waals surface area contributed by atoms with Crippen molar-refractivity contribution in [1.82, 2.24) is 4.31 Å². The van der Waals surface area contributed by atoms with Gasteiger partial charge in [0.15, 0.2) is 0 Å². The van der Waals surface area contributed by atoms with Crippen LogP contribution in [0.25, 0.3) is 0 Å². The highest BCUT2D eigenvalue weighted by Gasteiger charge is 2.39. The molecule has 0 spiro atoms. The van der Waals surface area contributed by atoms with E-state index in [1.165, 1.54) is 7.05 Å². The van der Waals surface area contributed by atoms with Crippen molar-refractivity contribution in [2.45, 2.75) is 24.5 Å². The molecule has 0 saturated heterocycles. The maximum Gasteiger partial charge on any atom is 0.241 e. The zero-order chi connectivity index (χ0) is 18.0. The van der Waals surface area contributed by atoms with Crippen LogP contribution in [0.1, 0.15) is 29.9 Å². The zero-order valence-electron chi connectivity index (χ0n) is 14.0. The lowest BCUT2D eigenvalue weighted by atomic mass is 9.71. The number of nitrogens with zero attached hydrogens (tertiary/aromatic N) is 1.